The molecule has 6 heteroatoms. The van der Waals surface area contributed by atoms with E-state index in [1.165, 1.54) is 5.56 Å². The Hall–Kier alpha value is -3.15. The molecule has 1 aliphatic heterocycles. The maximum absolute atomic E-state index is 12.5. The molecule has 0 spiro atoms. The summed E-state index contributed by atoms with van der Waals surface area (Å²) in [4.78, 5) is 18.8. The molecular weight excluding hydrogens is 354 g/mol. The van der Waals surface area contributed by atoms with Crippen molar-refractivity contribution < 1.29 is 14.1 Å². The fraction of sp³-hybridized carbons (Fsp3) is 0.318. The molecule has 144 valence electrons. The van der Waals surface area contributed by atoms with Gasteiger partial charge in [-0.3, -0.25) is 4.79 Å². The van der Waals surface area contributed by atoms with Crippen LogP contribution in [0.3, 0.4) is 0 Å². The van der Waals surface area contributed by atoms with Crippen molar-refractivity contribution in [1.29, 1.82) is 0 Å². The van der Waals surface area contributed by atoms with Gasteiger partial charge in [-0.15, -0.1) is 0 Å². The summed E-state index contributed by atoms with van der Waals surface area (Å²) >= 11 is 0. The lowest BCUT2D eigenvalue weighted by atomic mass is 10.1. The van der Waals surface area contributed by atoms with Crippen LogP contribution in [0.15, 0.2) is 53.1 Å². The Kier molecular flexibility index (Phi) is 5.10. The van der Waals surface area contributed by atoms with Gasteiger partial charge in [0.15, 0.2) is 5.82 Å². The highest BCUT2D eigenvalue weighted by Crippen LogP contribution is 2.30. The van der Waals surface area contributed by atoms with Crippen LogP contribution in [-0.2, 0) is 17.6 Å². The number of ether oxygens (including phenoxy) is 1. The van der Waals surface area contributed by atoms with E-state index in [1.54, 1.807) is 7.11 Å². The maximum atomic E-state index is 12.5. The standard InChI is InChI=1S/C22H23N3O3/c1-15-4-3-5-18(12-15)25-14-17(13-21(25)26)22-23-20(28-24-22)11-8-16-6-9-19(27-2)10-7-16/h3-7,9-10,12,17H,8,11,13-14H2,1-2H3. The Balaban J connectivity index is 1.39. The summed E-state index contributed by atoms with van der Waals surface area (Å²) in [7, 11) is 1.66. The van der Waals surface area contributed by atoms with Gasteiger partial charge in [-0.1, -0.05) is 29.4 Å². The molecule has 1 atom stereocenters. The van der Waals surface area contributed by atoms with Crippen molar-refractivity contribution in [2.24, 2.45) is 0 Å². The number of methoxy groups -OCH3 is 1. The first-order valence-corrected chi connectivity index (χ1v) is 9.45. The van der Waals surface area contributed by atoms with Crippen molar-refractivity contribution in [2.75, 3.05) is 18.6 Å². The first-order chi connectivity index (χ1) is 13.6. The van der Waals surface area contributed by atoms with Gasteiger partial charge in [0.05, 0.1) is 7.11 Å². The zero-order valence-corrected chi connectivity index (χ0v) is 16.1. The largest absolute Gasteiger partial charge is 0.497 e. The quantitative estimate of drug-likeness (QED) is 0.655. The summed E-state index contributed by atoms with van der Waals surface area (Å²) in [5, 5.41) is 4.13. The van der Waals surface area contributed by atoms with E-state index in [0.29, 0.717) is 31.1 Å². The highest BCUT2D eigenvalue weighted by atomic mass is 16.5. The third-order valence-electron chi connectivity index (χ3n) is 5.07. The average Bonchev–Trinajstić information content (AvgIpc) is 3.33. The molecule has 0 N–H and O–H groups in total. The molecule has 2 heterocycles. The molecule has 1 amide bonds. The molecule has 6 nitrogen and oxygen atoms in total. The highest BCUT2D eigenvalue weighted by Gasteiger charge is 2.34. The second-order valence-corrected chi connectivity index (χ2v) is 7.14. The minimum absolute atomic E-state index is 0.0356. The van der Waals surface area contributed by atoms with E-state index >= 15 is 0 Å². The van der Waals surface area contributed by atoms with Gasteiger partial charge >= 0.3 is 0 Å². The highest BCUT2D eigenvalue weighted by molar-refractivity contribution is 5.96. The number of aromatic nitrogens is 2. The number of carbonyl (C=O) groups excluding carboxylic acids is 1. The number of hydrogen-bond donors (Lipinski definition) is 0. The minimum Gasteiger partial charge on any atom is -0.497 e. The van der Waals surface area contributed by atoms with Crippen LogP contribution in [0.2, 0.25) is 0 Å². The number of benzene rings is 2. The smallest absolute Gasteiger partial charge is 0.227 e. The van der Waals surface area contributed by atoms with Gasteiger partial charge in [-0.05, 0) is 48.7 Å². The third kappa shape index (κ3) is 3.91. The normalized spacial score (nSPS) is 16.6. The van der Waals surface area contributed by atoms with Crippen LogP contribution >= 0.6 is 0 Å². The van der Waals surface area contributed by atoms with Crippen molar-refractivity contribution in [2.45, 2.75) is 32.1 Å². The molecular formula is C22H23N3O3. The molecule has 3 aromatic rings. The minimum atomic E-state index is -0.0356. The van der Waals surface area contributed by atoms with Crippen LogP contribution in [0.5, 0.6) is 5.75 Å². The van der Waals surface area contributed by atoms with Crippen molar-refractivity contribution in [3.63, 3.8) is 0 Å². The molecule has 0 aliphatic carbocycles. The van der Waals surface area contributed by atoms with Gasteiger partial charge in [0.2, 0.25) is 11.8 Å². The van der Waals surface area contributed by atoms with E-state index in [4.69, 9.17) is 9.26 Å². The van der Waals surface area contributed by atoms with Crippen LogP contribution in [0, 0.1) is 6.92 Å². The summed E-state index contributed by atoms with van der Waals surface area (Å²) in [6.45, 7) is 2.61. The maximum Gasteiger partial charge on any atom is 0.227 e. The van der Waals surface area contributed by atoms with E-state index in [0.717, 1.165) is 23.4 Å². The van der Waals surface area contributed by atoms with E-state index in [1.807, 2.05) is 60.4 Å². The third-order valence-corrected chi connectivity index (χ3v) is 5.07. The van der Waals surface area contributed by atoms with Crippen LogP contribution in [0.4, 0.5) is 5.69 Å². The number of amides is 1. The molecule has 1 aromatic heterocycles. The van der Waals surface area contributed by atoms with Crippen LogP contribution in [0.25, 0.3) is 0 Å². The predicted octanol–water partition coefficient (Wildman–Crippen LogP) is 3.69. The molecule has 1 saturated heterocycles. The Labute approximate surface area is 164 Å². The Bertz CT molecular complexity index is 965. The van der Waals surface area contributed by atoms with Crippen LogP contribution < -0.4 is 9.64 Å². The van der Waals surface area contributed by atoms with E-state index < -0.39 is 0 Å². The van der Waals surface area contributed by atoms with Crippen LogP contribution in [0.1, 0.15) is 35.2 Å². The Morgan fingerprint density at radius 1 is 1.18 bits per heavy atom. The molecule has 1 unspecified atom stereocenters. The van der Waals surface area contributed by atoms with E-state index in [-0.39, 0.29) is 11.8 Å². The second-order valence-electron chi connectivity index (χ2n) is 7.14. The number of hydrogen-bond acceptors (Lipinski definition) is 5. The van der Waals surface area contributed by atoms with Crippen molar-refractivity contribution in [3.05, 3.63) is 71.4 Å². The Morgan fingerprint density at radius 2 is 2.00 bits per heavy atom. The molecule has 1 aliphatic rings. The van der Waals surface area contributed by atoms with E-state index in [2.05, 4.69) is 10.1 Å². The number of aryl methyl sites for hydroxylation is 3. The molecule has 28 heavy (non-hydrogen) atoms. The average molecular weight is 377 g/mol. The van der Waals surface area contributed by atoms with Crippen molar-refractivity contribution >= 4 is 11.6 Å². The zero-order chi connectivity index (χ0) is 19.5. The predicted molar refractivity (Wildman–Crippen MR) is 106 cm³/mol. The van der Waals surface area contributed by atoms with Gasteiger partial charge in [0.1, 0.15) is 5.75 Å². The molecule has 2 aromatic carbocycles. The number of anilines is 1. The lowest BCUT2D eigenvalue weighted by Gasteiger charge is -2.16. The second kappa shape index (κ2) is 7.84. The lowest BCUT2D eigenvalue weighted by molar-refractivity contribution is -0.117. The summed E-state index contributed by atoms with van der Waals surface area (Å²) in [5.41, 5.74) is 3.24. The molecule has 1 fully saturated rings. The number of rotatable bonds is 6. The Morgan fingerprint density at radius 3 is 2.75 bits per heavy atom. The first-order valence-electron chi connectivity index (χ1n) is 9.45. The van der Waals surface area contributed by atoms with E-state index in [9.17, 15) is 4.79 Å². The molecule has 4 rings (SSSR count). The first kappa shape index (κ1) is 18.2. The topological polar surface area (TPSA) is 68.5 Å². The molecule has 0 bridgehead atoms. The van der Waals surface area contributed by atoms with Crippen molar-refractivity contribution in [3.8, 4) is 5.75 Å². The SMILES string of the molecule is COc1ccc(CCc2nc(C3CC(=O)N(c4cccc(C)c4)C3)no2)cc1. The van der Waals surface area contributed by atoms with Gasteiger partial charge in [-0.25, -0.2) is 0 Å². The number of nitrogens with zero attached hydrogens (tertiary/aromatic N) is 3. The fourth-order valence-electron chi connectivity index (χ4n) is 3.50. The lowest BCUT2D eigenvalue weighted by Crippen LogP contribution is -2.24. The van der Waals surface area contributed by atoms with Gasteiger partial charge < -0.3 is 14.2 Å². The summed E-state index contributed by atoms with van der Waals surface area (Å²) in [5.74, 6) is 2.13. The molecule has 0 saturated carbocycles. The van der Waals surface area contributed by atoms with Gasteiger partial charge in [0.25, 0.3) is 0 Å². The summed E-state index contributed by atoms with van der Waals surface area (Å²) < 4.78 is 10.6. The number of carbonyl (C=O) groups is 1. The molecule has 0 radical (unpaired) electrons. The monoisotopic (exact) mass is 377 g/mol. The van der Waals surface area contributed by atoms with Crippen LogP contribution in [-0.4, -0.2) is 29.7 Å². The van der Waals surface area contributed by atoms with Crippen molar-refractivity contribution in [1.82, 2.24) is 10.1 Å². The van der Waals surface area contributed by atoms with Gasteiger partial charge in [-0.2, -0.15) is 4.98 Å². The fourth-order valence-corrected chi connectivity index (χ4v) is 3.50. The van der Waals surface area contributed by atoms with Gasteiger partial charge in [0, 0.05) is 31.0 Å². The zero-order valence-electron chi connectivity index (χ0n) is 16.1. The summed E-state index contributed by atoms with van der Waals surface area (Å²) in [6.07, 6.45) is 1.89. The summed E-state index contributed by atoms with van der Waals surface area (Å²) in [6, 6.07) is 15.9.